The molecule has 3 heterocycles. The van der Waals surface area contributed by atoms with Crippen LogP contribution < -0.4 is 16.6 Å². The highest BCUT2D eigenvalue weighted by molar-refractivity contribution is 9.10. The molecule has 1 N–H and O–H groups in total. The number of carbonyl (C=O) groups is 1. The van der Waals surface area contributed by atoms with Gasteiger partial charge in [0.2, 0.25) is 11.9 Å². The number of carbonyl (C=O) groups excluding carboxylic acids is 1. The number of aryl methyl sites for hydroxylation is 1. The normalized spacial score (nSPS) is 11.3. The van der Waals surface area contributed by atoms with Crippen LogP contribution in [-0.4, -0.2) is 34.1 Å². The molecular formula is C35H28BrN7O3. The van der Waals surface area contributed by atoms with Crippen molar-refractivity contribution in [3.05, 3.63) is 151 Å². The third kappa shape index (κ3) is 5.56. The van der Waals surface area contributed by atoms with Crippen LogP contribution in [-0.2, 0) is 24.4 Å². The molecule has 0 unspecified atom stereocenters. The minimum absolute atomic E-state index is 0.179. The van der Waals surface area contributed by atoms with Crippen LogP contribution >= 0.6 is 15.9 Å². The maximum absolute atomic E-state index is 14.0. The number of anilines is 1. The molecule has 11 heteroatoms. The standard InChI is InChI=1S/C35H28BrN7O3/c1-23-12-15-27(16-13-23)43-29-17-14-26(36)18-28(29)38-34(43)39-30(44)21-42-33(45)31-32(37-22-40(31)19-24-8-4-2-5-9-24)41(35(42)46)20-25-10-6-3-7-11-25/h2-18,22H,19-21H2,1H3,(H,38,39,44). The summed E-state index contributed by atoms with van der Waals surface area (Å²) in [5.41, 5.74) is 4.45. The number of fused-ring (bicyclic) bond motifs is 2. The average Bonchev–Trinajstić information content (AvgIpc) is 3.63. The minimum atomic E-state index is -0.627. The first kappa shape index (κ1) is 29.2. The Hall–Kier alpha value is -5.55. The van der Waals surface area contributed by atoms with Gasteiger partial charge in [0.1, 0.15) is 6.54 Å². The zero-order valence-corrected chi connectivity index (χ0v) is 26.4. The number of hydrogen-bond acceptors (Lipinski definition) is 5. The number of imidazole rings is 2. The van der Waals surface area contributed by atoms with Crippen LogP contribution in [0, 0.1) is 6.92 Å². The number of rotatable bonds is 8. The van der Waals surface area contributed by atoms with Crippen molar-refractivity contribution < 1.29 is 4.79 Å². The second-order valence-electron chi connectivity index (χ2n) is 11.1. The van der Waals surface area contributed by atoms with E-state index in [1.165, 1.54) is 4.57 Å². The van der Waals surface area contributed by atoms with Gasteiger partial charge in [-0.05, 0) is 48.4 Å². The molecule has 7 rings (SSSR count). The fourth-order valence-corrected chi connectivity index (χ4v) is 5.94. The molecule has 0 aliphatic heterocycles. The molecule has 3 aromatic heterocycles. The molecule has 0 radical (unpaired) electrons. The quantitative estimate of drug-likeness (QED) is 0.229. The summed E-state index contributed by atoms with van der Waals surface area (Å²) >= 11 is 3.50. The molecule has 0 aliphatic rings. The number of aromatic nitrogens is 6. The summed E-state index contributed by atoms with van der Waals surface area (Å²) in [7, 11) is 0. The van der Waals surface area contributed by atoms with Crippen molar-refractivity contribution in [1.82, 2.24) is 28.2 Å². The van der Waals surface area contributed by atoms with Gasteiger partial charge in [-0.1, -0.05) is 94.3 Å². The van der Waals surface area contributed by atoms with Gasteiger partial charge in [0.15, 0.2) is 11.2 Å². The predicted molar refractivity (Wildman–Crippen MR) is 181 cm³/mol. The molecule has 228 valence electrons. The number of hydrogen-bond donors (Lipinski definition) is 1. The van der Waals surface area contributed by atoms with Crippen LogP contribution in [0.1, 0.15) is 16.7 Å². The number of benzene rings is 4. The van der Waals surface area contributed by atoms with E-state index in [2.05, 4.69) is 26.2 Å². The SMILES string of the molecule is Cc1ccc(-n2c(NC(=O)Cn3c(=O)c4c(ncn4Cc4ccccc4)n(Cc4ccccc4)c3=O)nc3cc(Br)ccc32)cc1. The fourth-order valence-electron chi connectivity index (χ4n) is 5.59. The number of halogens is 1. The highest BCUT2D eigenvalue weighted by Crippen LogP contribution is 2.27. The summed E-state index contributed by atoms with van der Waals surface area (Å²) in [5, 5.41) is 2.87. The van der Waals surface area contributed by atoms with Gasteiger partial charge in [0.05, 0.1) is 23.9 Å². The van der Waals surface area contributed by atoms with E-state index in [0.717, 1.165) is 36.9 Å². The fraction of sp³-hybridized carbons (Fsp3) is 0.114. The molecule has 46 heavy (non-hydrogen) atoms. The van der Waals surface area contributed by atoms with E-state index in [9.17, 15) is 14.4 Å². The van der Waals surface area contributed by atoms with Gasteiger partial charge < -0.3 is 4.57 Å². The summed E-state index contributed by atoms with van der Waals surface area (Å²) in [6, 6.07) is 32.7. The van der Waals surface area contributed by atoms with Crippen LogP contribution in [0.25, 0.3) is 27.9 Å². The first-order valence-corrected chi connectivity index (χ1v) is 15.5. The minimum Gasteiger partial charge on any atom is -0.320 e. The summed E-state index contributed by atoms with van der Waals surface area (Å²) in [6.45, 7) is 2.04. The Morgan fingerprint density at radius 1 is 0.826 bits per heavy atom. The summed E-state index contributed by atoms with van der Waals surface area (Å²) in [6.07, 6.45) is 1.56. The predicted octanol–water partition coefficient (Wildman–Crippen LogP) is 5.50. The number of amides is 1. The van der Waals surface area contributed by atoms with Crippen LogP contribution in [0.2, 0.25) is 0 Å². The first-order valence-electron chi connectivity index (χ1n) is 14.7. The van der Waals surface area contributed by atoms with Gasteiger partial charge in [0, 0.05) is 16.7 Å². The van der Waals surface area contributed by atoms with Crippen LogP contribution in [0.15, 0.2) is 124 Å². The highest BCUT2D eigenvalue weighted by atomic mass is 79.9. The largest absolute Gasteiger partial charge is 0.333 e. The Labute approximate surface area is 271 Å². The van der Waals surface area contributed by atoms with Crippen LogP contribution in [0.5, 0.6) is 0 Å². The van der Waals surface area contributed by atoms with Gasteiger partial charge >= 0.3 is 5.69 Å². The second-order valence-corrected chi connectivity index (χ2v) is 12.0. The molecule has 1 amide bonds. The third-order valence-electron chi connectivity index (χ3n) is 7.82. The van der Waals surface area contributed by atoms with Crippen molar-refractivity contribution in [2.75, 3.05) is 5.32 Å². The van der Waals surface area contributed by atoms with E-state index in [4.69, 9.17) is 4.98 Å². The third-order valence-corrected chi connectivity index (χ3v) is 8.32. The van der Waals surface area contributed by atoms with E-state index < -0.39 is 23.7 Å². The highest BCUT2D eigenvalue weighted by Gasteiger charge is 2.22. The zero-order chi connectivity index (χ0) is 31.8. The lowest BCUT2D eigenvalue weighted by Gasteiger charge is -2.14. The van der Waals surface area contributed by atoms with Crippen molar-refractivity contribution in [2.24, 2.45) is 0 Å². The van der Waals surface area contributed by atoms with E-state index in [1.807, 2.05) is 115 Å². The van der Waals surface area contributed by atoms with Crippen molar-refractivity contribution in [1.29, 1.82) is 0 Å². The lowest BCUT2D eigenvalue weighted by molar-refractivity contribution is -0.116. The Kier molecular flexibility index (Phi) is 7.67. The van der Waals surface area contributed by atoms with Gasteiger partial charge in [-0.25, -0.2) is 19.3 Å². The van der Waals surface area contributed by atoms with Gasteiger partial charge in [-0.3, -0.25) is 24.0 Å². The summed E-state index contributed by atoms with van der Waals surface area (Å²) in [4.78, 5) is 50.8. The van der Waals surface area contributed by atoms with Crippen LogP contribution in [0.4, 0.5) is 5.95 Å². The molecule has 0 fully saturated rings. The van der Waals surface area contributed by atoms with Crippen LogP contribution in [0.3, 0.4) is 0 Å². The topological polar surface area (TPSA) is 109 Å². The van der Waals surface area contributed by atoms with Gasteiger partial charge in [0.25, 0.3) is 5.56 Å². The van der Waals surface area contributed by atoms with E-state index >= 15 is 0 Å². The van der Waals surface area contributed by atoms with Gasteiger partial charge in [-0.2, -0.15) is 0 Å². The average molecular weight is 675 g/mol. The van der Waals surface area contributed by atoms with E-state index in [-0.39, 0.29) is 23.7 Å². The molecule has 0 bridgehead atoms. The van der Waals surface area contributed by atoms with E-state index in [0.29, 0.717) is 12.1 Å². The monoisotopic (exact) mass is 673 g/mol. The van der Waals surface area contributed by atoms with Gasteiger partial charge in [-0.15, -0.1) is 0 Å². The summed E-state index contributed by atoms with van der Waals surface area (Å²) < 4.78 is 6.82. The number of nitrogens with zero attached hydrogens (tertiary/aromatic N) is 6. The molecular weight excluding hydrogens is 646 g/mol. The molecule has 0 saturated heterocycles. The second kappa shape index (κ2) is 12.1. The van der Waals surface area contributed by atoms with Crippen molar-refractivity contribution in [3.63, 3.8) is 0 Å². The molecule has 4 aromatic carbocycles. The first-order chi connectivity index (χ1) is 22.4. The smallest absolute Gasteiger partial charge is 0.320 e. The maximum atomic E-state index is 14.0. The lowest BCUT2D eigenvalue weighted by Crippen LogP contribution is -2.43. The molecule has 0 atom stereocenters. The lowest BCUT2D eigenvalue weighted by atomic mass is 10.2. The summed E-state index contributed by atoms with van der Waals surface area (Å²) in [5.74, 6) is -0.295. The Morgan fingerprint density at radius 3 is 2.20 bits per heavy atom. The Bertz CT molecular complexity index is 2340. The zero-order valence-electron chi connectivity index (χ0n) is 24.8. The molecule has 0 spiro atoms. The van der Waals surface area contributed by atoms with E-state index in [1.54, 1.807) is 10.9 Å². The van der Waals surface area contributed by atoms with Crippen molar-refractivity contribution in [2.45, 2.75) is 26.6 Å². The van der Waals surface area contributed by atoms with Crippen molar-refractivity contribution in [3.8, 4) is 5.69 Å². The maximum Gasteiger partial charge on any atom is 0.333 e. The number of nitrogens with one attached hydrogen (secondary N) is 1. The molecule has 0 aliphatic carbocycles. The Morgan fingerprint density at radius 2 is 1.50 bits per heavy atom. The molecule has 7 aromatic rings. The Balaban J connectivity index is 1.31. The van der Waals surface area contributed by atoms with Crippen molar-refractivity contribution >= 4 is 50.0 Å². The molecule has 10 nitrogen and oxygen atoms in total. The molecule has 0 saturated carbocycles.